The fourth-order valence-electron chi connectivity index (χ4n) is 4.49. The molecule has 158 valence electrons. The Labute approximate surface area is 174 Å². The zero-order valence-electron chi connectivity index (χ0n) is 16.7. The summed E-state index contributed by atoms with van der Waals surface area (Å²) in [7, 11) is 2.11. The highest BCUT2D eigenvalue weighted by atomic mass is 19.4. The predicted octanol–water partition coefficient (Wildman–Crippen LogP) is 5.41. The molecule has 2 aliphatic rings. The van der Waals surface area contributed by atoms with E-state index in [4.69, 9.17) is 4.74 Å². The molecule has 3 nitrogen and oxygen atoms in total. The van der Waals surface area contributed by atoms with Crippen molar-refractivity contribution in [3.05, 3.63) is 71.3 Å². The van der Waals surface area contributed by atoms with E-state index in [-0.39, 0.29) is 11.7 Å². The van der Waals surface area contributed by atoms with Crippen LogP contribution in [-0.4, -0.2) is 36.1 Å². The Morgan fingerprint density at radius 2 is 1.60 bits per heavy atom. The second-order valence-corrected chi connectivity index (χ2v) is 8.09. The number of nitrogens with zero attached hydrogens (tertiary/aromatic N) is 1. The Bertz CT molecular complexity index is 908. The molecule has 0 amide bonds. The highest BCUT2D eigenvalue weighted by molar-refractivity contribution is 6.21. The van der Waals surface area contributed by atoms with Crippen LogP contribution in [-0.2, 0) is 15.7 Å². The van der Waals surface area contributed by atoms with Gasteiger partial charge in [-0.05, 0) is 49.2 Å². The normalized spacial score (nSPS) is 24.7. The summed E-state index contributed by atoms with van der Waals surface area (Å²) in [5, 5.41) is 0. The number of carbonyl (C=O) groups excluding carboxylic acids is 1. The lowest BCUT2D eigenvalue weighted by atomic mass is 9.99. The molecule has 0 saturated carbocycles. The summed E-state index contributed by atoms with van der Waals surface area (Å²) in [6, 6.07) is 14.7. The third kappa shape index (κ3) is 4.43. The monoisotopic (exact) mass is 415 g/mol. The predicted molar refractivity (Wildman–Crippen MR) is 109 cm³/mol. The summed E-state index contributed by atoms with van der Waals surface area (Å²) < 4.78 is 44.7. The second kappa shape index (κ2) is 8.26. The van der Waals surface area contributed by atoms with Crippen molar-refractivity contribution in [1.82, 2.24) is 4.90 Å². The van der Waals surface area contributed by atoms with E-state index in [1.165, 1.54) is 12.1 Å². The van der Waals surface area contributed by atoms with E-state index < -0.39 is 17.7 Å². The van der Waals surface area contributed by atoms with Gasteiger partial charge in [-0.15, -0.1) is 0 Å². The van der Waals surface area contributed by atoms with Gasteiger partial charge in [0.1, 0.15) is 6.10 Å². The molecule has 2 unspecified atom stereocenters. The highest BCUT2D eigenvalue weighted by Gasteiger charge is 2.40. The summed E-state index contributed by atoms with van der Waals surface area (Å²) in [6.45, 7) is 0. The first kappa shape index (κ1) is 20.7. The minimum absolute atomic E-state index is 0.167. The second-order valence-electron chi connectivity index (χ2n) is 8.09. The standard InChI is InChI=1S/C24H24F3NO2/c1-28-19-11-12-20(28)15-21(14-19)30-23(29)22(13-16-5-3-2-4-6-16)17-7-9-18(10-8-17)24(25,26)27/h2-10,13,19-21H,11-12,14-15H2,1H3/b22-13+. The number of benzene rings is 2. The number of alkyl halides is 3. The third-order valence-corrected chi connectivity index (χ3v) is 6.18. The van der Waals surface area contributed by atoms with Gasteiger partial charge in [0.15, 0.2) is 0 Å². The Balaban J connectivity index is 1.59. The maximum Gasteiger partial charge on any atom is 0.416 e. The molecular formula is C24H24F3NO2. The SMILES string of the molecule is CN1C2CCC1CC(OC(=O)/C(=C/c1ccccc1)c1ccc(C(F)(F)F)cc1)C2. The maximum atomic E-state index is 13.1. The van der Waals surface area contributed by atoms with Gasteiger partial charge in [0.2, 0.25) is 0 Å². The van der Waals surface area contributed by atoms with Crippen LogP contribution in [0.15, 0.2) is 54.6 Å². The van der Waals surface area contributed by atoms with E-state index in [9.17, 15) is 18.0 Å². The number of ether oxygens (including phenoxy) is 1. The van der Waals surface area contributed by atoms with E-state index >= 15 is 0 Å². The van der Waals surface area contributed by atoms with Gasteiger partial charge in [-0.25, -0.2) is 4.79 Å². The molecule has 0 aromatic heterocycles. The molecule has 0 aliphatic carbocycles. The van der Waals surface area contributed by atoms with Crippen LogP contribution in [0.1, 0.15) is 42.4 Å². The highest BCUT2D eigenvalue weighted by Crippen LogP contribution is 2.36. The van der Waals surface area contributed by atoms with Gasteiger partial charge in [0, 0.05) is 24.9 Å². The minimum Gasteiger partial charge on any atom is -0.459 e. The summed E-state index contributed by atoms with van der Waals surface area (Å²) in [5.41, 5.74) is 0.715. The lowest BCUT2D eigenvalue weighted by Gasteiger charge is -2.35. The lowest BCUT2D eigenvalue weighted by Crippen LogP contribution is -2.43. The molecule has 2 saturated heterocycles. The van der Waals surface area contributed by atoms with E-state index in [0.717, 1.165) is 43.4 Å². The summed E-state index contributed by atoms with van der Waals surface area (Å²) in [4.78, 5) is 15.4. The van der Waals surface area contributed by atoms with Crippen LogP contribution >= 0.6 is 0 Å². The third-order valence-electron chi connectivity index (χ3n) is 6.18. The first-order chi connectivity index (χ1) is 14.3. The number of hydrogen-bond donors (Lipinski definition) is 0. The van der Waals surface area contributed by atoms with Gasteiger partial charge in [0.25, 0.3) is 0 Å². The van der Waals surface area contributed by atoms with Gasteiger partial charge >= 0.3 is 12.1 Å². The molecule has 0 N–H and O–H groups in total. The largest absolute Gasteiger partial charge is 0.459 e. The van der Waals surface area contributed by atoms with Crippen molar-refractivity contribution in [2.24, 2.45) is 0 Å². The minimum atomic E-state index is -4.42. The van der Waals surface area contributed by atoms with Crippen LogP contribution in [0.5, 0.6) is 0 Å². The Morgan fingerprint density at radius 3 is 2.17 bits per heavy atom. The summed E-state index contributed by atoms with van der Waals surface area (Å²) >= 11 is 0. The molecule has 2 aromatic carbocycles. The Hall–Kier alpha value is -2.60. The average Bonchev–Trinajstić information content (AvgIpc) is 2.93. The number of halogens is 3. The smallest absolute Gasteiger partial charge is 0.416 e. The molecule has 6 heteroatoms. The van der Waals surface area contributed by atoms with Crippen LogP contribution in [0.25, 0.3) is 11.6 Å². The first-order valence-corrected chi connectivity index (χ1v) is 10.2. The fraction of sp³-hybridized carbons (Fsp3) is 0.375. The van der Waals surface area contributed by atoms with E-state index in [1.807, 2.05) is 30.3 Å². The first-order valence-electron chi connectivity index (χ1n) is 10.2. The molecule has 2 aromatic rings. The summed E-state index contributed by atoms with van der Waals surface area (Å²) in [6.07, 6.45) is 0.903. The number of piperidine rings is 1. The molecule has 2 aliphatic heterocycles. The van der Waals surface area contributed by atoms with Crippen LogP contribution < -0.4 is 0 Å². The molecule has 4 rings (SSSR count). The van der Waals surface area contributed by atoms with Gasteiger partial charge < -0.3 is 9.64 Å². The van der Waals surface area contributed by atoms with Crippen molar-refractivity contribution in [3.8, 4) is 0 Å². The molecular weight excluding hydrogens is 391 g/mol. The molecule has 30 heavy (non-hydrogen) atoms. The zero-order chi connectivity index (χ0) is 21.3. The van der Waals surface area contributed by atoms with Crippen molar-refractivity contribution in [1.29, 1.82) is 0 Å². The lowest BCUT2D eigenvalue weighted by molar-refractivity contribution is -0.145. The van der Waals surface area contributed by atoms with Gasteiger partial charge in [-0.2, -0.15) is 13.2 Å². The summed E-state index contributed by atoms with van der Waals surface area (Å²) in [5.74, 6) is -0.493. The quantitative estimate of drug-likeness (QED) is 0.380. The molecule has 2 bridgehead atoms. The van der Waals surface area contributed by atoms with E-state index in [2.05, 4.69) is 11.9 Å². The van der Waals surface area contributed by atoms with E-state index in [0.29, 0.717) is 17.6 Å². The number of hydrogen-bond acceptors (Lipinski definition) is 3. The topological polar surface area (TPSA) is 29.5 Å². The van der Waals surface area contributed by atoms with Crippen molar-refractivity contribution in [3.63, 3.8) is 0 Å². The molecule has 2 heterocycles. The molecule has 2 fully saturated rings. The fourth-order valence-corrected chi connectivity index (χ4v) is 4.49. The van der Waals surface area contributed by atoms with Gasteiger partial charge in [0.05, 0.1) is 11.1 Å². The van der Waals surface area contributed by atoms with Crippen molar-refractivity contribution in [2.75, 3.05) is 7.05 Å². The van der Waals surface area contributed by atoms with E-state index in [1.54, 1.807) is 6.08 Å². The van der Waals surface area contributed by atoms with Crippen molar-refractivity contribution >= 4 is 17.6 Å². The van der Waals surface area contributed by atoms with Crippen LogP contribution in [0.2, 0.25) is 0 Å². The van der Waals surface area contributed by atoms with Gasteiger partial charge in [-0.1, -0.05) is 42.5 Å². The number of carbonyl (C=O) groups is 1. The Kier molecular flexibility index (Phi) is 5.69. The maximum absolute atomic E-state index is 13.1. The van der Waals surface area contributed by atoms with Crippen LogP contribution in [0.4, 0.5) is 13.2 Å². The molecule has 0 spiro atoms. The van der Waals surface area contributed by atoms with Crippen molar-refractivity contribution < 1.29 is 22.7 Å². The zero-order valence-corrected chi connectivity index (χ0v) is 16.7. The average molecular weight is 415 g/mol. The number of rotatable bonds is 4. The Morgan fingerprint density at radius 1 is 1.00 bits per heavy atom. The molecule has 2 atom stereocenters. The molecule has 0 radical (unpaired) electrons. The van der Waals surface area contributed by atoms with Crippen LogP contribution in [0, 0.1) is 0 Å². The van der Waals surface area contributed by atoms with Crippen LogP contribution in [0.3, 0.4) is 0 Å². The number of esters is 1. The van der Waals surface area contributed by atoms with Crippen molar-refractivity contribution in [2.45, 2.75) is 50.0 Å². The number of fused-ring (bicyclic) bond motifs is 2. The van der Waals surface area contributed by atoms with Gasteiger partial charge in [-0.3, -0.25) is 0 Å².